The molecule has 0 aliphatic carbocycles. The fourth-order valence-electron chi connectivity index (χ4n) is 1.73. The molecule has 102 valence electrons. The molecule has 0 aliphatic rings. The highest BCUT2D eigenvalue weighted by Crippen LogP contribution is 2.19. The molecule has 3 nitrogen and oxygen atoms in total. The van der Waals surface area contributed by atoms with Gasteiger partial charge >= 0.3 is 0 Å². The molecule has 1 atom stereocenters. The van der Waals surface area contributed by atoms with Crippen molar-refractivity contribution in [2.45, 2.75) is 18.8 Å². The highest BCUT2D eigenvalue weighted by Gasteiger charge is 2.10. The predicted molar refractivity (Wildman–Crippen MR) is 68.2 cm³/mol. The molecule has 0 saturated carbocycles. The van der Waals surface area contributed by atoms with Gasteiger partial charge < -0.3 is 14.6 Å². The van der Waals surface area contributed by atoms with Gasteiger partial charge in [0.05, 0.1) is 6.61 Å². The Hall–Kier alpha value is -0.970. The van der Waals surface area contributed by atoms with E-state index < -0.39 is 0 Å². The summed E-state index contributed by atoms with van der Waals surface area (Å²) in [6.07, 6.45) is 1.60. The third kappa shape index (κ3) is 5.58. The second-order valence-corrected chi connectivity index (χ2v) is 4.18. The molecule has 0 radical (unpaired) electrons. The van der Waals surface area contributed by atoms with Gasteiger partial charge in [-0.15, -0.1) is 0 Å². The number of aliphatic hydroxyl groups is 1. The largest absolute Gasteiger partial charge is 0.396 e. The normalized spacial score (nSPS) is 12.6. The fourth-order valence-corrected chi connectivity index (χ4v) is 1.73. The van der Waals surface area contributed by atoms with E-state index in [0.29, 0.717) is 19.8 Å². The van der Waals surface area contributed by atoms with Gasteiger partial charge in [-0.25, -0.2) is 4.39 Å². The fraction of sp³-hybridized carbons (Fsp3) is 0.571. The van der Waals surface area contributed by atoms with Gasteiger partial charge in [-0.2, -0.15) is 0 Å². The summed E-state index contributed by atoms with van der Waals surface area (Å²) in [6, 6.07) is 6.25. The summed E-state index contributed by atoms with van der Waals surface area (Å²) in [4.78, 5) is 0. The van der Waals surface area contributed by atoms with Crippen LogP contribution >= 0.6 is 0 Å². The third-order valence-electron chi connectivity index (χ3n) is 2.81. The smallest absolute Gasteiger partial charge is 0.123 e. The molecule has 0 fully saturated rings. The Morgan fingerprint density at radius 1 is 1.17 bits per heavy atom. The molecule has 0 heterocycles. The third-order valence-corrected chi connectivity index (χ3v) is 2.81. The number of methoxy groups -OCH3 is 1. The highest BCUT2D eigenvalue weighted by molar-refractivity contribution is 5.20. The maximum Gasteiger partial charge on any atom is 0.123 e. The van der Waals surface area contributed by atoms with Crippen molar-refractivity contribution in [3.05, 3.63) is 35.6 Å². The molecule has 1 rings (SSSR count). The van der Waals surface area contributed by atoms with Crippen LogP contribution in [0.2, 0.25) is 0 Å². The number of rotatable bonds is 9. The molecule has 0 bridgehead atoms. The van der Waals surface area contributed by atoms with E-state index >= 15 is 0 Å². The van der Waals surface area contributed by atoms with Crippen LogP contribution in [-0.2, 0) is 9.47 Å². The van der Waals surface area contributed by atoms with E-state index in [1.165, 1.54) is 12.1 Å². The predicted octanol–water partition coefficient (Wildman–Crippen LogP) is 2.34. The molecule has 0 amide bonds. The molecule has 18 heavy (non-hydrogen) atoms. The van der Waals surface area contributed by atoms with E-state index in [1.54, 1.807) is 19.2 Å². The molecule has 0 saturated heterocycles. The lowest BCUT2D eigenvalue weighted by Gasteiger charge is -2.14. The molecule has 1 aromatic rings. The van der Waals surface area contributed by atoms with Gasteiger partial charge in [-0.05, 0) is 30.5 Å². The topological polar surface area (TPSA) is 38.7 Å². The lowest BCUT2D eigenvalue weighted by Crippen LogP contribution is -2.09. The number of hydrogen-bond acceptors (Lipinski definition) is 3. The van der Waals surface area contributed by atoms with E-state index in [1.807, 2.05) is 0 Å². The average molecular weight is 256 g/mol. The second-order valence-electron chi connectivity index (χ2n) is 4.18. The number of halogens is 1. The van der Waals surface area contributed by atoms with Gasteiger partial charge in [0.1, 0.15) is 5.82 Å². The van der Waals surface area contributed by atoms with Crippen LogP contribution in [0, 0.1) is 5.82 Å². The first kappa shape index (κ1) is 15.1. The first-order valence-electron chi connectivity index (χ1n) is 6.21. The Labute approximate surface area is 108 Å². The summed E-state index contributed by atoms with van der Waals surface area (Å²) in [5, 5.41) is 9.32. The van der Waals surface area contributed by atoms with Crippen molar-refractivity contribution >= 4 is 0 Å². The summed E-state index contributed by atoms with van der Waals surface area (Å²) >= 11 is 0. The van der Waals surface area contributed by atoms with Gasteiger partial charge in [0.15, 0.2) is 0 Å². The Kier molecular flexibility index (Phi) is 7.57. The first-order chi connectivity index (χ1) is 8.77. The summed E-state index contributed by atoms with van der Waals surface area (Å²) in [7, 11) is 1.66. The minimum atomic E-state index is -0.258. The Morgan fingerprint density at radius 3 is 2.50 bits per heavy atom. The Bertz CT molecular complexity index is 313. The van der Waals surface area contributed by atoms with Crippen LogP contribution in [-0.4, -0.2) is 38.6 Å². The molecule has 1 N–H and O–H groups in total. The molecular formula is C14H21FO3. The van der Waals surface area contributed by atoms with Gasteiger partial charge in [-0.3, -0.25) is 0 Å². The summed E-state index contributed by atoms with van der Waals surface area (Å²) < 4.78 is 23.1. The van der Waals surface area contributed by atoms with Gasteiger partial charge in [0.25, 0.3) is 0 Å². The molecule has 1 unspecified atom stereocenters. The highest BCUT2D eigenvalue weighted by atomic mass is 19.1. The number of benzene rings is 1. The van der Waals surface area contributed by atoms with Crippen LogP contribution in [0.1, 0.15) is 24.3 Å². The standard InChI is InChI=1S/C14H21FO3/c1-17-8-2-9-18-10-7-13(11-16)12-3-5-14(15)6-4-12/h3-6,13,16H,2,7-11H2,1H3. The average Bonchev–Trinajstić information content (AvgIpc) is 2.39. The maximum atomic E-state index is 12.8. The van der Waals surface area contributed by atoms with Gasteiger partial charge in [0, 0.05) is 32.8 Å². The van der Waals surface area contributed by atoms with E-state index in [9.17, 15) is 9.50 Å². The summed E-state index contributed by atoms with van der Waals surface area (Å²) in [5.41, 5.74) is 0.944. The van der Waals surface area contributed by atoms with Crippen molar-refractivity contribution in [1.82, 2.24) is 0 Å². The van der Waals surface area contributed by atoms with Crippen LogP contribution in [0.5, 0.6) is 0 Å². The quantitative estimate of drug-likeness (QED) is 0.689. The van der Waals surface area contributed by atoms with Crippen LogP contribution in [0.3, 0.4) is 0 Å². The van der Waals surface area contributed by atoms with Crippen LogP contribution in [0.25, 0.3) is 0 Å². The Balaban J connectivity index is 2.27. The lowest BCUT2D eigenvalue weighted by molar-refractivity contribution is 0.0937. The van der Waals surface area contributed by atoms with E-state index in [0.717, 1.165) is 18.4 Å². The van der Waals surface area contributed by atoms with Crippen LogP contribution < -0.4 is 0 Å². The maximum absolute atomic E-state index is 12.8. The van der Waals surface area contributed by atoms with Crippen LogP contribution in [0.4, 0.5) is 4.39 Å². The molecule has 0 aliphatic heterocycles. The van der Waals surface area contributed by atoms with E-state index in [-0.39, 0.29) is 18.3 Å². The van der Waals surface area contributed by atoms with E-state index in [2.05, 4.69) is 0 Å². The van der Waals surface area contributed by atoms with Crippen molar-refractivity contribution in [3.63, 3.8) is 0 Å². The number of hydrogen-bond donors (Lipinski definition) is 1. The first-order valence-corrected chi connectivity index (χ1v) is 6.21. The van der Waals surface area contributed by atoms with Gasteiger partial charge in [0.2, 0.25) is 0 Å². The van der Waals surface area contributed by atoms with Crippen molar-refractivity contribution in [2.75, 3.05) is 33.5 Å². The van der Waals surface area contributed by atoms with Crippen molar-refractivity contribution in [2.24, 2.45) is 0 Å². The van der Waals surface area contributed by atoms with E-state index in [4.69, 9.17) is 9.47 Å². The second kappa shape index (κ2) is 9.03. The molecular weight excluding hydrogens is 235 g/mol. The lowest BCUT2D eigenvalue weighted by atomic mass is 9.97. The summed E-state index contributed by atoms with van der Waals surface area (Å²) in [6.45, 7) is 2.00. The van der Waals surface area contributed by atoms with Gasteiger partial charge in [-0.1, -0.05) is 12.1 Å². The van der Waals surface area contributed by atoms with Crippen LogP contribution in [0.15, 0.2) is 24.3 Å². The zero-order valence-electron chi connectivity index (χ0n) is 10.8. The molecule has 0 aromatic heterocycles. The number of aliphatic hydroxyl groups excluding tert-OH is 1. The number of ether oxygens (including phenoxy) is 2. The summed E-state index contributed by atoms with van der Waals surface area (Å²) in [5.74, 6) is -0.251. The van der Waals surface area contributed by atoms with Crippen molar-refractivity contribution in [3.8, 4) is 0 Å². The van der Waals surface area contributed by atoms with Crippen molar-refractivity contribution in [1.29, 1.82) is 0 Å². The minimum absolute atomic E-state index is 0.00743. The molecule has 1 aromatic carbocycles. The zero-order chi connectivity index (χ0) is 13.2. The molecule has 4 heteroatoms. The molecule has 0 spiro atoms. The monoisotopic (exact) mass is 256 g/mol. The zero-order valence-corrected chi connectivity index (χ0v) is 10.8. The minimum Gasteiger partial charge on any atom is -0.396 e. The Morgan fingerprint density at radius 2 is 1.89 bits per heavy atom. The van der Waals surface area contributed by atoms with Crippen molar-refractivity contribution < 1.29 is 19.0 Å². The SMILES string of the molecule is COCCCOCCC(CO)c1ccc(F)cc1.